The lowest BCUT2D eigenvalue weighted by molar-refractivity contribution is 0.213. The summed E-state index contributed by atoms with van der Waals surface area (Å²) in [4.78, 5) is 0. The van der Waals surface area contributed by atoms with E-state index in [-0.39, 0.29) is 11.1 Å². The topological polar surface area (TPSA) is 12.0 Å². The van der Waals surface area contributed by atoms with Crippen molar-refractivity contribution in [2.24, 2.45) is 5.41 Å². The molecule has 1 nitrogen and oxygen atoms in total. The van der Waals surface area contributed by atoms with Crippen molar-refractivity contribution in [2.45, 2.75) is 66.0 Å². The van der Waals surface area contributed by atoms with Crippen LogP contribution in [0.3, 0.4) is 0 Å². The molecule has 0 aliphatic rings. The van der Waals surface area contributed by atoms with Gasteiger partial charge in [0.2, 0.25) is 0 Å². The molecule has 0 spiro atoms. The third-order valence-corrected chi connectivity index (χ3v) is 1.98. The molecule has 14 heavy (non-hydrogen) atoms. The first-order valence-corrected chi connectivity index (χ1v) is 5.25. The molecule has 0 fully saturated rings. The molecule has 0 saturated heterocycles. The number of hydrogen-bond donors (Lipinski definition) is 1. The fraction of sp³-hybridized carbons (Fsp3) is 0.846. The van der Waals surface area contributed by atoms with Gasteiger partial charge in [-0.2, -0.15) is 0 Å². The van der Waals surface area contributed by atoms with E-state index in [2.05, 4.69) is 45.9 Å². The second kappa shape index (κ2) is 3.95. The van der Waals surface area contributed by atoms with Gasteiger partial charge < -0.3 is 0 Å². The SMILES string of the molecule is C#CC(C)(C)NC(C)(C)CC(C)(C)C. The second-order valence-electron chi connectivity index (χ2n) is 6.52. The molecule has 0 bridgehead atoms. The largest absolute Gasteiger partial charge is 0.297 e. The lowest BCUT2D eigenvalue weighted by Gasteiger charge is -2.38. The molecule has 0 aromatic carbocycles. The van der Waals surface area contributed by atoms with Crippen LogP contribution in [0.15, 0.2) is 0 Å². The van der Waals surface area contributed by atoms with Gasteiger partial charge in [0, 0.05) is 5.54 Å². The van der Waals surface area contributed by atoms with Crippen LogP contribution in [0.25, 0.3) is 0 Å². The molecule has 0 aliphatic carbocycles. The van der Waals surface area contributed by atoms with Crippen LogP contribution in [0.2, 0.25) is 0 Å². The number of hydrogen-bond acceptors (Lipinski definition) is 1. The minimum atomic E-state index is -0.227. The summed E-state index contributed by atoms with van der Waals surface area (Å²) in [5.74, 6) is 2.77. The molecular weight excluding hydrogens is 170 g/mol. The third-order valence-electron chi connectivity index (χ3n) is 1.98. The Bertz CT molecular complexity index is 223. The molecule has 1 heteroatoms. The van der Waals surface area contributed by atoms with Crippen LogP contribution in [0.5, 0.6) is 0 Å². The van der Waals surface area contributed by atoms with Gasteiger partial charge in [-0.05, 0) is 39.5 Å². The molecular formula is C13H25N. The summed E-state index contributed by atoms with van der Waals surface area (Å²) in [5, 5.41) is 3.50. The molecule has 0 radical (unpaired) electrons. The first kappa shape index (κ1) is 13.5. The van der Waals surface area contributed by atoms with Crippen LogP contribution in [0.4, 0.5) is 0 Å². The van der Waals surface area contributed by atoms with Crippen molar-refractivity contribution in [2.75, 3.05) is 0 Å². The van der Waals surface area contributed by atoms with Gasteiger partial charge in [-0.1, -0.05) is 26.7 Å². The Morgan fingerprint density at radius 1 is 1.00 bits per heavy atom. The maximum absolute atomic E-state index is 5.46. The number of nitrogens with one attached hydrogen (secondary N) is 1. The van der Waals surface area contributed by atoms with Gasteiger partial charge in [-0.3, -0.25) is 5.32 Å². The van der Waals surface area contributed by atoms with Gasteiger partial charge in [-0.25, -0.2) is 0 Å². The predicted octanol–water partition coefficient (Wildman–Crippen LogP) is 3.20. The average molecular weight is 195 g/mol. The second-order valence-corrected chi connectivity index (χ2v) is 6.52. The van der Waals surface area contributed by atoms with Crippen LogP contribution in [-0.2, 0) is 0 Å². The molecule has 0 rings (SSSR count). The smallest absolute Gasteiger partial charge is 0.0745 e. The van der Waals surface area contributed by atoms with Crippen molar-refractivity contribution in [1.82, 2.24) is 5.32 Å². The molecule has 82 valence electrons. The fourth-order valence-corrected chi connectivity index (χ4v) is 2.25. The van der Waals surface area contributed by atoms with Crippen molar-refractivity contribution in [3.63, 3.8) is 0 Å². The van der Waals surface area contributed by atoms with E-state index >= 15 is 0 Å². The zero-order valence-corrected chi connectivity index (χ0v) is 10.8. The van der Waals surface area contributed by atoms with Crippen molar-refractivity contribution in [1.29, 1.82) is 0 Å². The van der Waals surface area contributed by atoms with E-state index in [1.165, 1.54) is 0 Å². The summed E-state index contributed by atoms with van der Waals surface area (Å²) in [7, 11) is 0. The lowest BCUT2D eigenvalue weighted by Crippen LogP contribution is -2.52. The summed E-state index contributed by atoms with van der Waals surface area (Å²) >= 11 is 0. The highest BCUT2D eigenvalue weighted by atomic mass is 15.0. The molecule has 0 aromatic rings. The Morgan fingerprint density at radius 2 is 1.43 bits per heavy atom. The molecule has 0 heterocycles. The van der Waals surface area contributed by atoms with E-state index in [4.69, 9.17) is 6.42 Å². The van der Waals surface area contributed by atoms with Crippen molar-refractivity contribution < 1.29 is 0 Å². The van der Waals surface area contributed by atoms with Gasteiger partial charge in [0.25, 0.3) is 0 Å². The van der Waals surface area contributed by atoms with Crippen molar-refractivity contribution >= 4 is 0 Å². The van der Waals surface area contributed by atoms with Gasteiger partial charge in [0.1, 0.15) is 0 Å². The lowest BCUT2D eigenvalue weighted by atomic mass is 9.80. The summed E-state index contributed by atoms with van der Waals surface area (Å²) < 4.78 is 0. The van der Waals surface area contributed by atoms with E-state index < -0.39 is 0 Å². The van der Waals surface area contributed by atoms with Gasteiger partial charge in [0.05, 0.1) is 5.54 Å². The van der Waals surface area contributed by atoms with E-state index in [0.29, 0.717) is 5.41 Å². The molecule has 1 N–H and O–H groups in total. The minimum absolute atomic E-state index is 0.0775. The van der Waals surface area contributed by atoms with Gasteiger partial charge >= 0.3 is 0 Å². The molecule has 0 amide bonds. The third kappa shape index (κ3) is 6.05. The quantitative estimate of drug-likeness (QED) is 0.682. The maximum atomic E-state index is 5.46. The summed E-state index contributed by atoms with van der Waals surface area (Å²) in [6, 6.07) is 0. The zero-order valence-electron chi connectivity index (χ0n) is 10.8. The fourth-order valence-electron chi connectivity index (χ4n) is 2.25. The molecule has 0 aliphatic heterocycles. The van der Waals surface area contributed by atoms with Crippen LogP contribution in [0.1, 0.15) is 54.9 Å². The van der Waals surface area contributed by atoms with E-state index in [1.807, 2.05) is 13.8 Å². The predicted molar refractivity (Wildman–Crippen MR) is 64.2 cm³/mol. The maximum Gasteiger partial charge on any atom is 0.0745 e. The summed E-state index contributed by atoms with van der Waals surface area (Å²) in [5.41, 5.74) is 0.171. The van der Waals surface area contributed by atoms with Crippen LogP contribution < -0.4 is 5.32 Å². The van der Waals surface area contributed by atoms with Crippen LogP contribution in [0, 0.1) is 17.8 Å². The molecule has 0 saturated carbocycles. The van der Waals surface area contributed by atoms with Gasteiger partial charge in [-0.15, -0.1) is 6.42 Å². The standard InChI is InChI=1S/C13H25N/c1-9-12(5,6)14-13(7,8)10-11(2,3)4/h1,14H,10H2,2-8H3. The Balaban J connectivity index is 4.44. The van der Waals surface area contributed by atoms with Crippen LogP contribution >= 0.6 is 0 Å². The van der Waals surface area contributed by atoms with E-state index in [9.17, 15) is 0 Å². The summed E-state index contributed by atoms with van der Waals surface area (Å²) in [6.45, 7) is 15.2. The highest BCUT2D eigenvalue weighted by Crippen LogP contribution is 2.28. The molecule has 0 atom stereocenters. The Kier molecular flexibility index (Phi) is 3.81. The Hall–Kier alpha value is -0.480. The minimum Gasteiger partial charge on any atom is -0.297 e. The highest BCUT2D eigenvalue weighted by molar-refractivity contribution is 5.10. The highest BCUT2D eigenvalue weighted by Gasteiger charge is 2.29. The molecule has 0 aromatic heterocycles. The van der Waals surface area contributed by atoms with E-state index in [1.54, 1.807) is 0 Å². The molecule has 0 unspecified atom stereocenters. The first-order chi connectivity index (χ1) is 5.97. The van der Waals surface area contributed by atoms with Gasteiger partial charge in [0.15, 0.2) is 0 Å². The monoisotopic (exact) mass is 195 g/mol. The first-order valence-electron chi connectivity index (χ1n) is 5.25. The van der Waals surface area contributed by atoms with Crippen LogP contribution in [-0.4, -0.2) is 11.1 Å². The van der Waals surface area contributed by atoms with Crippen molar-refractivity contribution in [3.05, 3.63) is 0 Å². The Morgan fingerprint density at radius 3 is 1.71 bits per heavy atom. The number of rotatable bonds is 3. The summed E-state index contributed by atoms with van der Waals surface area (Å²) in [6.07, 6.45) is 6.57. The Labute approximate surface area is 89.7 Å². The van der Waals surface area contributed by atoms with E-state index in [0.717, 1.165) is 6.42 Å². The van der Waals surface area contributed by atoms with Crippen molar-refractivity contribution in [3.8, 4) is 12.3 Å². The number of terminal acetylenes is 1. The normalized spacial score (nSPS) is 13.9. The average Bonchev–Trinajstić information content (AvgIpc) is 1.78. The zero-order chi connectivity index (χ0) is 11.6.